The quantitative estimate of drug-likeness (QED) is 0.883. The minimum absolute atomic E-state index is 0.396. The van der Waals surface area contributed by atoms with Crippen LogP contribution in [0.3, 0.4) is 0 Å². The molecule has 0 bridgehead atoms. The number of aliphatic hydroxyl groups is 1. The molecule has 0 radical (unpaired) electrons. The molecule has 2 heteroatoms. The van der Waals surface area contributed by atoms with E-state index < -0.39 is 5.60 Å². The third-order valence-corrected chi connectivity index (χ3v) is 5.14. The molecule has 2 saturated heterocycles. The first-order valence-corrected chi connectivity index (χ1v) is 7.53. The smallest absolute Gasteiger partial charge is 0.0854 e. The van der Waals surface area contributed by atoms with Gasteiger partial charge in [-0.1, -0.05) is 17.7 Å². The second-order valence-corrected chi connectivity index (χ2v) is 6.60. The zero-order chi connectivity index (χ0) is 13.6. The maximum Gasteiger partial charge on any atom is 0.0854 e. The first kappa shape index (κ1) is 13.1. The molecule has 19 heavy (non-hydrogen) atoms. The van der Waals surface area contributed by atoms with Crippen molar-refractivity contribution in [2.24, 2.45) is 0 Å². The number of hydrogen-bond acceptors (Lipinski definition) is 2. The molecule has 1 aromatic carbocycles. The van der Waals surface area contributed by atoms with Crippen LogP contribution in [0, 0.1) is 20.8 Å². The summed E-state index contributed by atoms with van der Waals surface area (Å²) in [6.07, 6.45) is 4.18. The summed E-state index contributed by atoms with van der Waals surface area (Å²) in [5.74, 6) is 0. The topological polar surface area (TPSA) is 23.5 Å². The van der Waals surface area contributed by atoms with E-state index in [1.165, 1.54) is 41.6 Å². The molecule has 0 saturated carbocycles. The zero-order valence-electron chi connectivity index (χ0n) is 12.4. The Labute approximate surface area is 116 Å². The van der Waals surface area contributed by atoms with E-state index in [0.29, 0.717) is 6.04 Å². The van der Waals surface area contributed by atoms with E-state index in [-0.39, 0.29) is 0 Å². The number of rotatable bonds is 2. The minimum atomic E-state index is -0.499. The monoisotopic (exact) mass is 259 g/mol. The number of fused-ring (bicyclic) bond motifs is 1. The largest absolute Gasteiger partial charge is 0.388 e. The first-order chi connectivity index (χ1) is 8.99. The molecule has 2 aliphatic rings. The van der Waals surface area contributed by atoms with Crippen molar-refractivity contribution >= 4 is 0 Å². The summed E-state index contributed by atoms with van der Waals surface area (Å²) < 4.78 is 0. The first-order valence-electron chi connectivity index (χ1n) is 7.53. The summed E-state index contributed by atoms with van der Waals surface area (Å²) in [4.78, 5) is 2.48. The SMILES string of the molecule is Cc1cc(C)c(CC2(O)CCN3CCCC32)c(C)c1. The lowest BCUT2D eigenvalue weighted by Gasteiger charge is -2.31. The molecule has 3 rings (SSSR count). The molecule has 2 nitrogen and oxygen atoms in total. The predicted molar refractivity (Wildman–Crippen MR) is 78.5 cm³/mol. The Hall–Kier alpha value is -0.860. The van der Waals surface area contributed by atoms with Gasteiger partial charge in [0.15, 0.2) is 0 Å². The van der Waals surface area contributed by atoms with Gasteiger partial charge in [0.25, 0.3) is 0 Å². The van der Waals surface area contributed by atoms with Crippen molar-refractivity contribution in [3.63, 3.8) is 0 Å². The summed E-state index contributed by atoms with van der Waals surface area (Å²) in [5.41, 5.74) is 4.85. The maximum atomic E-state index is 11.1. The summed E-state index contributed by atoms with van der Waals surface area (Å²) in [5, 5.41) is 11.1. The standard InChI is InChI=1S/C17H25NO/c1-12-9-13(2)15(14(3)10-12)11-17(19)6-8-18-7-4-5-16(17)18/h9-10,16,19H,4-8,11H2,1-3H3. The molecule has 1 N–H and O–H groups in total. The van der Waals surface area contributed by atoms with Crippen LogP contribution >= 0.6 is 0 Å². The molecule has 0 spiro atoms. The van der Waals surface area contributed by atoms with Gasteiger partial charge in [-0.25, -0.2) is 0 Å². The molecule has 2 unspecified atom stereocenters. The van der Waals surface area contributed by atoms with Crippen LogP contribution in [0.4, 0.5) is 0 Å². The molecule has 2 heterocycles. The van der Waals surface area contributed by atoms with Crippen molar-refractivity contribution in [2.45, 2.75) is 58.1 Å². The van der Waals surface area contributed by atoms with Gasteiger partial charge in [0, 0.05) is 19.0 Å². The van der Waals surface area contributed by atoms with Gasteiger partial charge in [-0.2, -0.15) is 0 Å². The fourth-order valence-corrected chi connectivity index (χ4v) is 4.21. The molecule has 104 valence electrons. The van der Waals surface area contributed by atoms with Gasteiger partial charge in [-0.3, -0.25) is 4.90 Å². The summed E-state index contributed by atoms with van der Waals surface area (Å²) in [7, 11) is 0. The molecule has 0 aliphatic carbocycles. The van der Waals surface area contributed by atoms with Gasteiger partial charge in [0.2, 0.25) is 0 Å². The Balaban J connectivity index is 1.89. The van der Waals surface area contributed by atoms with Gasteiger partial charge in [-0.05, 0) is 63.3 Å². The maximum absolute atomic E-state index is 11.1. The van der Waals surface area contributed by atoms with Crippen LogP contribution in [-0.4, -0.2) is 34.7 Å². The van der Waals surface area contributed by atoms with E-state index in [1.54, 1.807) is 0 Å². The molecule has 2 fully saturated rings. The van der Waals surface area contributed by atoms with Crippen LogP contribution in [0.5, 0.6) is 0 Å². The fraction of sp³-hybridized carbons (Fsp3) is 0.647. The van der Waals surface area contributed by atoms with Crippen LogP contribution < -0.4 is 0 Å². The molecule has 0 amide bonds. The van der Waals surface area contributed by atoms with Crippen molar-refractivity contribution in [1.29, 1.82) is 0 Å². The third-order valence-electron chi connectivity index (χ3n) is 5.14. The van der Waals surface area contributed by atoms with Crippen LogP contribution in [0.25, 0.3) is 0 Å². The Bertz CT molecular complexity index is 473. The highest BCUT2D eigenvalue weighted by Gasteiger charge is 2.47. The summed E-state index contributed by atoms with van der Waals surface area (Å²) in [6.45, 7) is 8.76. The molecular weight excluding hydrogens is 234 g/mol. The number of aryl methyl sites for hydroxylation is 3. The molecular formula is C17H25NO. The molecule has 2 aliphatic heterocycles. The van der Waals surface area contributed by atoms with Gasteiger partial charge in [0.1, 0.15) is 0 Å². The highest BCUT2D eigenvalue weighted by atomic mass is 16.3. The molecule has 0 aromatic heterocycles. The third kappa shape index (κ3) is 2.21. The predicted octanol–water partition coefficient (Wildman–Crippen LogP) is 2.75. The lowest BCUT2D eigenvalue weighted by atomic mass is 9.83. The molecule has 1 aromatic rings. The van der Waals surface area contributed by atoms with Crippen molar-refractivity contribution in [1.82, 2.24) is 4.90 Å². The van der Waals surface area contributed by atoms with Gasteiger partial charge >= 0.3 is 0 Å². The highest BCUT2D eigenvalue weighted by Crippen LogP contribution is 2.39. The van der Waals surface area contributed by atoms with E-state index in [2.05, 4.69) is 37.8 Å². The Kier molecular flexibility index (Phi) is 3.18. The van der Waals surface area contributed by atoms with Crippen molar-refractivity contribution in [3.05, 3.63) is 34.4 Å². The lowest BCUT2D eigenvalue weighted by molar-refractivity contribution is 0.0138. The summed E-state index contributed by atoms with van der Waals surface area (Å²) >= 11 is 0. The van der Waals surface area contributed by atoms with E-state index in [1.807, 2.05) is 0 Å². The Morgan fingerprint density at radius 3 is 2.58 bits per heavy atom. The van der Waals surface area contributed by atoms with Crippen molar-refractivity contribution in [2.75, 3.05) is 13.1 Å². The van der Waals surface area contributed by atoms with E-state index in [4.69, 9.17) is 0 Å². The summed E-state index contributed by atoms with van der Waals surface area (Å²) in [6, 6.07) is 4.88. The lowest BCUT2D eigenvalue weighted by Crippen LogP contribution is -2.43. The van der Waals surface area contributed by atoms with Crippen LogP contribution in [0.1, 0.15) is 41.5 Å². The number of benzene rings is 1. The minimum Gasteiger partial charge on any atom is -0.388 e. The van der Waals surface area contributed by atoms with Crippen LogP contribution in [-0.2, 0) is 6.42 Å². The van der Waals surface area contributed by atoms with Crippen LogP contribution in [0.15, 0.2) is 12.1 Å². The van der Waals surface area contributed by atoms with E-state index in [0.717, 1.165) is 19.4 Å². The van der Waals surface area contributed by atoms with Crippen LogP contribution in [0.2, 0.25) is 0 Å². The fourth-order valence-electron chi connectivity index (χ4n) is 4.21. The van der Waals surface area contributed by atoms with Crippen molar-refractivity contribution < 1.29 is 5.11 Å². The Morgan fingerprint density at radius 1 is 1.21 bits per heavy atom. The zero-order valence-corrected chi connectivity index (χ0v) is 12.4. The van der Waals surface area contributed by atoms with E-state index in [9.17, 15) is 5.11 Å². The molecule has 2 atom stereocenters. The van der Waals surface area contributed by atoms with Gasteiger partial charge in [-0.15, -0.1) is 0 Å². The average molecular weight is 259 g/mol. The number of hydrogen-bond donors (Lipinski definition) is 1. The second kappa shape index (κ2) is 4.60. The average Bonchev–Trinajstić information content (AvgIpc) is 2.89. The Morgan fingerprint density at radius 2 is 1.89 bits per heavy atom. The van der Waals surface area contributed by atoms with Gasteiger partial charge < -0.3 is 5.11 Å². The highest BCUT2D eigenvalue weighted by molar-refractivity contribution is 5.39. The van der Waals surface area contributed by atoms with E-state index >= 15 is 0 Å². The second-order valence-electron chi connectivity index (χ2n) is 6.60. The normalized spacial score (nSPS) is 30.8. The number of nitrogens with zero attached hydrogens (tertiary/aromatic N) is 1. The van der Waals surface area contributed by atoms with Gasteiger partial charge in [0.05, 0.1) is 5.60 Å². The van der Waals surface area contributed by atoms with Crippen molar-refractivity contribution in [3.8, 4) is 0 Å².